The minimum Gasteiger partial charge on any atom is -0.506 e. The summed E-state index contributed by atoms with van der Waals surface area (Å²) in [6.45, 7) is 3.97. The highest BCUT2D eigenvalue weighted by Gasteiger charge is 2.42. The van der Waals surface area contributed by atoms with Gasteiger partial charge in [0.15, 0.2) is 6.61 Å². The van der Waals surface area contributed by atoms with Crippen LogP contribution in [-0.4, -0.2) is 99.9 Å². The molecule has 5 aromatic carbocycles. The fourth-order valence-electron chi connectivity index (χ4n) is 8.74. The number of piperidine rings is 1. The zero-order valence-electron chi connectivity index (χ0n) is 36.6. The van der Waals surface area contributed by atoms with Gasteiger partial charge in [-0.15, -0.1) is 0 Å². The van der Waals surface area contributed by atoms with E-state index in [2.05, 4.69) is 32.7 Å². The third kappa shape index (κ3) is 11.0. The lowest BCUT2D eigenvalue weighted by Crippen LogP contribution is -2.40. The predicted octanol–water partition coefficient (Wildman–Crippen LogP) is 5.16. The van der Waals surface area contributed by atoms with Crippen LogP contribution in [0, 0.1) is 5.92 Å². The molecular weight excluding hydrogens is 839 g/mol. The van der Waals surface area contributed by atoms with Crippen LogP contribution in [0.5, 0.6) is 11.5 Å². The molecule has 6 aromatic rings. The summed E-state index contributed by atoms with van der Waals surface area (Å²) >= 11 is 0. The lowest BCUT2D eigenvalue weighted by molar-refractivity contribution is -0.164. The van der Waals surface area contributed by atoms with Gasteiger partial charge in [-0.3, -0.25) is 19.3 Å². The normalized spacial score (nSPS) is 16.9. The molecule has 2 aliphatic heterocycles. The highest BCUT2D eigenvalue weighted by atomic mass is 16.5. The van der Waals surface area contributed by atoms with E-state index in [0.29, 0.717) is 53.9 Å². The Labute approximate surface area is 382 Å². The molecule has 342 valence electrons. The number of H-pyrrole nitrogens is 1. The van der Waals surface area contributed by atoms with Gasteiger partial charge in [-0.05, 0) is 96.9 Å². The molecule has 66 heavy (non-hydrogen) atoms. The predicted molar refractivity (Wildman–Crippen MR) is 249 cm³/mol. The molecule has 0 bridgehead atoms. The average molecular weight is 894 g/mol. The number of aromatic amines is 1. The highest BCUT2D eigenvalue weighted by Crippen LogP contribution is 2.34. The van der Waals surface area contributed by atoms with Gasteiger partial charge in [-0.1, -0.05) is 91.0 Å². The second-order valence-electron chi connectivity index (χ2n) is 17.1. The van der Waals surface area contributed by atoms with Gasteiger partial charge in [-0.2, -0.15) is 0 Å². The summed E-state index contributed by atoms with van der Waals surface area (Å²) in [5, 5.41) is 40.0. The number of nitrogens with one attached hydrogen (secondary N) is 3. The maximum Gasteiger partial charge on any atom is 0.347 e. The van der Waals surface area contributed by atoms with Crippen molar-refractivity contribution in [1.29, 1.82) is 0 Å². The number of benzene rings is 5. The minimum atomic E-state index is -2.11. The fourth-order valence-corrected chi connectivity index (χ4v) is 8.74. The number of aliphatic hydroxyl groups excluding tert-OH is 1. The van der Waals surface area contributed by atoms with E-state index in [1.54, 1.807) is 77.7 Å². The fraction of sp³-hybridized carbons (Fsp3) is 0.308. The molecule has 0 radical (unpaired) electrons. The van der Waals surface area contributed by atoms with Crippen molar-refractivity contribution >= 4 is 28.7 Å². The van der Waals surface area contributed by atoms with Gasteiger partial charge < -0.3 is 45.3 Å². The summed E-state index contributed by atoms with van der Waals surface area (Å²) in [6, 6.07) is 38.4. The number of hydrogen-bond acceptors (Lipinski definition) is 11. The van der Waals surface area contributed by atoms with E-state index < -0.39 is 17.7 Å². The Kier molecular flexibility index (Phi) is 14.5. The number of aromatic hydroxyl groups is 1. The Morgan fingerprint density at radius 2 is 1.53 bits per heavy atom. The number of rotatable bonds is 17. The lowest BCUT2D eigenvalue weighted by atomic mass is 9.86. The number of likely N-dealkylation sites (tertiary alicyclic amines) is 2. The molecule has 8 rings (SSSR count). The second-order valence-corrected chi connectivity index (χ2v) is 17.1. The van der Waals surface area contributed by atoms with Crippen molar-refractivity contribution in [2.24, 2.45) is 5.92 Å². The van der Waals surface area contributed by atoms with Crippen LogP contribution in [0.3, 0.4) is 0 Å². The van der Waals surface area contributed by atoms with Gasteiger partial charge in [0.25, 0.3) is 11.8 Å². The van der Waals surface area contributed by atoms with E-state index >= 15 is 0 Å². The Hall–Kier alpha value is -6.84. The van der Waals surface area contributed by atoms with E-state index in [4.69, 9.17) is 9.47 Å². The number of esters is 1. The van der Waals surface area contributed by atoms with E-state index in [9.17, 15) is 34.5 Å². The summed E-state index contributed by atoms with van der Waals surface area (Å²) < 4.78 is 11.8. The summed E-state index contributed by atoms with van der Waals surface area (Å²) in [5.74, 6) is -0.901. The molecule has 1 aromatic heterocycles. The summed E-state index contributed by atoms with van der Waals surface area (Å²) in [5.41, 5.74) is 1.61. The molecule has 0 unspecified atom stereocenters. The maximum atomic E-state index is 13.9. The van der Waals surface area contributed by atoms with Crippen LogP contribution in [0.25, 0.3) is 10.9 Å². The van der Waals surface area contributed by atoms with Crippen LogP contribution < -0.4 is 20.9 Å². The molecule has 14 heteroatoms. The summed E-state index contributed by atoms with van der Waals surface area (Å²) in [7, 11) is 0. The number of carbonyl (C=O) groups is 3. The van der Waals surface area contributed by atoms with Crippen molar-refractivity contribution in [2.45, 2.75) is 50.1 Å². The van der Waals surface area contributed by atoms with Gasteiger partial charge in [-0.25, -0.2) is 4.79 Å². The Morgan fingerprint density at radius 3 is 2.29 bits per heavy atom. The summed E-state index contributed by atoms with van der Waals surface area (Å²) in [6.07, 6.45) is 1.42. The third-order valence-corrected chi connectivity index (χ3v) is 12.5. The molecule has 0 aliphatic carbocycles. The number of nitrogens with zero attached hydrogens (tertiary/aromatic N) is 2. The first-order valence-corrected chi connectivity index (χ1v) is 22.4. The SMILES string of the molecule is O=C(N[C@H]1CCN(C(=O)COc2cccc([C@](O)(C(=O)OCC3CCN(Cc4ccccc4)CC3)c3ccccc3)c2)C1)c1ccc(CNC[C@H](O)c2ccc(O)c3[nH]c(=O)ccc23)cc1. The standard InChI is InChI=1S/C52H55N5O9/c58-45-20-18-43(44-19-21-47(60)55-49(44)45)46(59)30-53-29-35-14-16-38(17-15-35)50(62)54-41-24-27-57(32-41)48(61)34-65-42-13-7-12-40(28-42)52(64,39-10-5-2-6-11-39)51(63)66-33-37-22-25-56(26-23-37)31-36-8-3-1-4-9-36/h1-21,28,37,41,46,53,58-59,64H,22-27,29-34H2,(H,54,62)(H,55,60)/t41-,46-,52-/m0/s1. The molecule has 0 saturated carbocycles. The van der Waals surface area contributed by atoms with Crippen molar-refractivity contribution in [2.75, 3.05) is 45.9 Å². The van der Waals surface area contributed by atoms with E-state index in [1.165, 1.54) is 17.7 Å². The molecule has 2 saturated heterocycles. The van der Waals surface area contributed by atoms with Crippen molar-refractivity contribution < 1.29 is 39.2 Å². The zero-order valence-corrected chi connectivity index (χ0v) is 36.6. The maximum absolute atomic E-state index is 13.9. The molecule has 6 N–H and O–H groups in total. The van der Waals surface area contributed by atoms with Crippen molar-refractivity contribution in [3.8, 4) is 11.5 Å². The minimum absolute atomic E-state index is 0.0761. The van der Waals surface area contributed by atoms with Crippen LogP contribution in [0.1, 0.15) is 63.5 Å². The van der Waals surface area contributed by atoms with Gasteiger partial charge in [0.2, 0.25) is 11.2 Å². The smallest absolute Gasteiger partial charge is 0.347 e. The van der Waals surface area contributed by atoms with Crippen LogP contribution >= 0.6 is 0 Å². The quantitative estimate of drug-likeness (QED) is 0.0663. The number of ether oxygens (including phenoxy) is 2. The van der Waals surface area contributed by atoms with Gasteiger partial charge >= 0.3 is 5.97 Å². The van der Waals surface area contributed by atoms with Crippen LogP contribution in [0.15, 0.2) is 138 Å². The highest BCUT2D eigenvalue weighted by molar-refractivity contribution is 5.94. The van der Waals surface area contributed by atoms with Gasteiger partial charge in [0, 0.05) is 61.3 Å². The number of pyridine rings is 1. The number of phenols is 1. The van der Waals surface area contributed by atoms with Crippen LogP contribution in [0.4, 0.5) is 0 Å². The van der Waals surface area contributed by atoms with Crippen LogP contribution in [0.2, 0.25) is 0 Å². The van der Waals surface area contributed by atoms with Crippen molar-refractivity contribution in [1.82, 2.24) is 25.4 Å². The van der Waals surface area contributed by atoms with E-state index in [1.807, 2.05) is 36.4 Å². The Bertz CT molecular complexity index is 2670. The van der Waals surface area contributed by atoms with Crippen molar-refractivity contribution in [3.05, 3.63) is 177 Å². The first-order valence-electron chi connectivity index (χ1n) is 22.4. The number of aromatic nitrogens is 1. The number of amides is 2. The molecule has 2 fully saturated rings. The van der Waals surface area contributed by atoms with Crippen LogP contribution in [-0.2, 0) is 33.0 Å². The largest absolute Gasteiger partial charge is 0.506 e. The van der Waals surface area contributed by atoms with E-state index in [0.717, 1.165) is 38.0 Å². The number of hydrogen-bond donors (Lipinski definition) is 6. The number of phenolic OH excluding ortho intramolecular Hbond substituents is 1. The number of carbonyl (C=O) groups excluding carboxylic acids is 3. The van der Waals surface area contributed by atoms with E-state index in [-0.39, 0.29) is 65.9 Å². The summed E-state index contributed by atoms with van der Waals surface area (Å²) in [4.78, 5) is 58.8. The third-order valence-electron chi connectivity index (χ3n) is 12.5. The topological polar surface area (TPSA) is 194 Å². The average Bonchev–Trinajstić information content (AvgIpc) is 3.82. The second kappa shape index (κ2) is 21.0. The number of fused-ring (bicyclic) bond motifs is 1. The molecule has 3 heterocycles. The molecule has 14 nitrogen and oxygen atoms in total. The number of aliphatic hydroxyl groups is 2. The zero-order chi connectivity index (χ0) is 46.0. The molecule has 2 amide bonds. The molecular formula is C52H55N5O9. The Morgan fingerprint density at radius 1 is 0.803 bits per heavy atom. The molecule has 3 atom stereocenters. The Balaban J connectivity index is 0.795. The molecule has 0 spiro atoms. The van der Waals surface area contributed by atoms with Crippen molar-refractivity contribution in [3.63, 3.8) is 0 Å². The van der Waals surface area contributed by atoms with Gasteiger partial charge in [0.05, 0.1) is 18.2 Å². The monoisotopic (exact) mass is 893 g/mol. The first-order chi connectivity index (χ1) is 32.0. The molecule has 2 aliphatic rings. The first kappa shape index (κ1) is 45.7. The lowest BCUT2D eigenvalue weighted by Gasteiger charge is -2.33. The van der Waals surface area contributed by atoms with Gasteiger partial charge in [0.1, 0.15) is 11.5 Å².